The zero-order valence-corrected chi connectivity index (χ0v) is 7.39. The molecule has 1 rings (SSSR count). The Morgan fingerprint density at radius 1 is 1.75 bits per heavy atom. The summed E-state index contributed by atoms with van der Waals surface area (Å²) in [7, 11) is 0. The molecule has 0 spiro atoms. The van der Waals surface area contributed by atoms with Crippen molar-refractivity contribution >= 4 is 23.4 Å². The Morgan fingerprint density at radius 2 is 2.42 bits per heavy atom. The third-order valence-electron chi connectivity index (χ3n) is 1.44. The van der Waals surface area contributed by atoms with E-state index in [0.717, 1.165) is 10.4 Å². The SMILES string of the molecule is Cc1ccsc1/C=C(/N)C(=O)O. The van der Waals surface area contributed by atoms with Gasteiger partial charge in [0.2, 0.25) is 0 Å². The van der Waals surface area contributed by atoms with Crippen LogP contribution in [0.2, 0.25) is 0 Å². The lowest BCUT2D eigenvalue weighted by atomic mass is 10.2. The number of rotatable bonds is 2. The van der Waals surface area contributed by atoms with Crippen LogP contribution in [0.3, 0.4) is 0 Å². The first-order valence-corrected chi connectivity index (χ1v) is 4.24. The number of hydrogen-bond donors (Lipinski definition) is 2. The van der Waals surface area contributed by atoms with E-state index in [0.29, 0.717) is 0 Å². The molecule has 0 aliphatic rings. The summed E-state index contributed by atoms with van der Waals surface area (Å²) in [6, 6.07) is 1.92. The van der Waals surface area contributed by atoms with E-state index in [9.17, 15) is 4.79 Å². The monoisotopic (exact) mass is 183 g/mol. The quantitative estimate of drug-likeness (QED) is 0.682. The number of carbonyl (C=O) groups is 1. The summed E-state index contributed by atoms with van der Waals surface area (Å²) in [5, 5.41) is 10.4. The minimum absolute atomic E-state index is 0.124. The number of carboxylic acid groups (broad SMARTS) is 1. The van der Waals surface area contributed by atoms with Crippen LogP contribution >= 0.6 is 11.3 Å². The lowest BCUT2D eigenvalue weighted by molar-refractivity contribution is -0.132. The zero-order valence-electron chi connectivity index (χ0n) is 6.57. The summed E-state index contributed by atoms with van der Waals surface area (Å²) in [6.45, 7) is 1.91. The summed E-state index contributed by atoms with van der Waals surface area (Å²) in [4.78, 5) is 11.2. The molecule has 0 atom stereocenters. The number of aryl methyl sites for hydroxylation is 1. The topological polar surface area (TPSA) is 63.3 Å². The Hall–Kier alpha value is -1.29. The molecule has 0 bridgehead atoms. The fourth-order valence-electron chi connectivity index (χ4n) is 0.735. The normalized spacial score (nSPS) is 11.6. The maximum absolute atomic E-state index is 10.3. The van der Waals surface area contributed by atoms with Gasteiger partial charge in [-0.15, -0.1) is 11.3 Å². The minimum Gasteiger partial charge on any atom is -0.477 e. The Morgan fingerprint density at radius 3 is 2.83 bits per heavy atom. The molecule has 0 fully saturated rings. The number of thiophene rings is 1. The minimum atomic E-state index is -1.08. The molecule has 0 unspecified atom stereocenters. The highest BCUT2D eigenvalue weighted by Crippen LogP contribution is 2.17. The van der Waals surface area contributed by atoms with Gasteiger partial charge in [0.15, 0.2) is 0 Å². The molecule has 64 valence electrons. The van der Waals surface area contributed by atoms with E-state index in [1.807, 2.05) is 18.4 Å². The first kappa shape index (κ1) is 8.80. The number of nitrogens with two attached hydrogens (primary N) is 1. The molecule has 1 aromatic heterocycles. The standard InChI is InChI=1S/C8H9NO2S/c1-5-2-3-12-7(5)4-6(9)8(10)11/h2-4H,9H2,1H3,(H,10,11)/b6-4+. The summed E-state index contributed by atoms with van der Waals surface area (Å²) < 4.78 is 0. The van der Waals surface area contributed by atoms with Crippen molar-refractivity contribution in [2.24, 2.45) is 5.73 Å². The predicted octanol–water partition coefficient (Wildman–Crippen LogP) is 1.44. The second-order valence-corrected chi connectivity index (χ2v) is 3.32. The molecule has 3 N–H and O–H groups in total. The molecule has 3 nitrogen and oxygen atoms in total. The molecule has 0 radical (unpaired) electrons. The third kappa shape index (κ3) is 1.85. The molecular formula is C8H9NO2S. The van der Waals surface area contributed by atoms with Crippen molar-refractivity contribution in [1.29, 1.82) is 0 Å². The number of aliphatic carboxylic acids is 1. The van der Waals surface area contributed by atoms with Gasteiger partial charge in [-0.3, -0.25) is 0 Å². The van der Waals surface area contributed by atoms with Gasteiger partial charge in [-0.25, -0.2) is 4.79 Å². The molecular weight excluding hydrogens is 174 g/mol. The van der Waals surface area contributed by atoms with Crippen molar-refractivity contribution in [3.05, 3.63) is 27.6 Å². The average molecular weight is 183 g/mol. The predicted molar refractivity (Wildman–Crippen MR) is 48.9 cm³/mol. The van der Waals surface area contributed by atoms with E-state index in [-0.39, 0.29) is 5.70 Å². The molecule has 0 saturated heterocycles. The molecule has 1 aromatic rings. The van der Waals surface area contributed by atoms with Gasteiger partial charge in [-0.05, 0) is 30.0 Å². The Kier molecular flexibility index (Phi) is 2.50. The van der Waals surface area contributed by atoms with Gasteiger partial charge in [0.25, 0.3) is 0 Å². The Labute approximate surface area is 74.1 Å². The molecule has 1 heterocycles. The van der Waals surface area contributed by atoms with Crippen molar-refractivity contribution in [3.8, 4) is 0 Å². The van der Waals surface area contributed by atoms with Crippen LogP contribution in [0.1, 0.15) is 10.4 Å². The largest absolute Gasteiger partial charge is 0.477 e. The maximum atomic E-state index is 10.3. The first-order valence-electron chi connectivity index (χ1n) is 3.36. The van der Waals surface area contributed by atoms with Crippen molar-refractivity contribution in [2.75, 3.05) is 0 Å². The van der Waals surface area contributed by atoms with E-state index in [1.165, 1.54) is 17.4 Å². The zero-order chi connectivity index (χ0) is 9.14. The fourth-order valence-corrected chi connectivity index (χ4v) is 1.60. The summed E-state index contributed by atoms with van der Waals surface area (Å²) in [5.41, 5.74) is 6.17. The van der Waals surface area contributed by atoms with Crippen LogP contribution in [-0.2, 0) is 4.79 Å². The first-order chi connectivity index (χ1) is 5.61. The van der Waals surface area contributed by atoms with Gasteiger partial charge >= 0.3 is 5.97 Å². The van der Waals surface area contributed by atoms with Crippen LogP contribution in [0, 0.1) is 6.92 Å². The highest BCUT2D eigenvalue weighted by atomic mass is 32.1. The van der Waals surface area contributed by atoms with E-state index in [1.54, 1.807) is 0 Å². The average Bonchev–Trinajstić information content (AvgIpc) is 2.36. The van der Waals surface area contributed by atoms with Crippen LogP contribution in [-0.4, -0.2) is 11.1 Å². The van der Waals surface area contributed by atoms with E-state index < -0.39 is 5.97 Å². The van der Waals surface area contributed by atoms with Gasteiger partial charge in [-0.2, -0.15) is 0 Å². The van der Waals surface area contributed by atoms with Crippen LogP contribution in [0.5, 0.6) is 0 Å². The van der Waals surface area contributed by atoms with Crippen molar-refractivity contribution in [2.45, 2.75) is 6.92 Å². The van der Waals surface area contributed by atoms with Gasteiger partial charge in [0, 0.05) is 4.88 Å². The fraction of sp³-hybridized carbons (Fsp3) is 0.125. The molecule has 4 heteroatoms. The molecule has 12 heavy (non-hydrogen) atoms. The highest BCUT2D eigenvalue weighted by molar-refractivity contribution is 7.11. The van der Waals surface area contributed by atoms with E-state index >= 15 is 0 Å². The van der Waals surface area contributed by atoms with Crippen LogP contribution in [0.25, 0.3) is 6.08 Å². The smallest absolute Gasteiger partial charge is 0.351 e. The van der Waals surface area contributed by atoms with E-state index in [2.05, 4.69) is 0 Å². The second kappa shape index (κ2) is 3.40. The summed E-state index contributed by atoms with van der Waals surface area (Å²) in [6.07, 6.45) is 1.47. The van der Waals surface area contributed by atoms with Gasteiger partial charge in [-0.1, -0.05) is 0 Å². The Bertz CT molecular complexity index is 328. The molecule has 0 aromatic carbocycles. The van der Waals surface area contributed by atoms with Crippen LogP contribution in [0.15, 0.2) is 17.1 Å². The third-order valence-corrected chi connectivity index (χ3v) is 2.40. The van der Waals surface area contributed by atoms with Crippen LogP contribution in [0.4, 0.5) is 0 Å². The molecule has 0 amide bonds. The van der Waals surface area contributed by atoms with Crippen molar-refractivity contribution in [1.82, 2.24) is 0 Å². The highest BCUT2D eigenvalue weighted by Gasteiger charge is 2.02. The second-order valence-electron chi connectivity index (χ2n) is 2.37. The lowest BCUT2D eigenvalue weighted by Gasteiger charge is -1.92. The number of carboxylic acids is 1. The van der Waals surface area contributed by atoms with Gasteiger partial charge < -0.3 is 10.8 Å². The summed E-state index contributed by atoms with van der Waals surface area (Å²) in [5.74, 6) is -1.08. The number of hydrogen-bond acceptors (Lipinski definition) is 3. The van der Waals surface area contributed by atoms with Gasteiger partial charge in [0.05, 0.1) is 0 Å². The lowest BCUT2D eigenvalue weighted by Crippen LogP contribution is -2.08. The summed E-state index contributed by atoms with van der Waals surface area (Å²) >= 11 is 1.48. The maximum Gasteiger partial charge on any atom is 0.351 e. The molecule has 0 saturated carbocycles. The van der Waals surface area contributed by atoms with Crippen molar-refractivity contribution < 1.29 is 9.90 Å². The van der Waals surface area contributed by atoms with Crippen molar-refractivity contribution in [3.63, 3.8) is 0 Å². The molecule has 0 aliphatic heterocycles. The van der Waals surface area contributed by atoms with E-state index in [4.69, 9.17) is 10.8 Å². The molecule has 0 aliphatic carbocycles. The Balaban J connectivity index is 2.95. The van der Waals surface area contributed by atoms with Gasteiger partial charge in [0.1, 0.15) is 5.70 Å². The van der Waals surface area contributed by atoms with Crippen LogP contribution < -0.4 is 5.73 Å².